The summed E-state index contributed by atoms with van der Waals surface area (Å²) in [5.41, 5.74) is 3.26. The van der Waals surface area contributed by atoms with E-state index < -0.39 is 0 Å². The zero-order valence-corrected chi connectivity index (χ0v) is 19.6. The largest absolute Gasteiger partial charge is 0.348 e. The average Bonchev–Trinajstić information content (AvgIpc) is 3.47. The maximum absolute atomic E-state index is 13.2. The van der Waals surface area contributed by atoms with Crippen LogP contribution in [0, 0.1) is 6.92 Å². The molecule has 1 fully saturated rings. The van der Waals surface area contributed by atoms with Gasteiger partial charge in [0.05, 0.1) is 17.3 Å². The van der Waals surface area contributed by atoms with Gasteiger partial charge in [-0.25, -0.2) is 9.97 Å². The monoisotopic (exact) mass is 446 g/mol. The van der Waals surface area contributed by atoms with E-state index in [1.807, 2.05) is 36.4 Å². The molecule has 1 aromatic carbocycles. The predicted molar refractivity (Wildman–Crippen MR) is 125 cm³/mol. The third-order valence-electron chi connectivity index (χ3n) is 5.96. The summed E-state index contributed by atoms with van der Waals surface area (Å²) >= 11 is 0. The molecule has 0 spiro atoms. The van der Waals surface area contributed by atoms with E-state index in [0.29, 0.717) is 35.9 Å². The zero-order valence-electron chi connectivity index (χ0n) is 19.6. The van der Waals surface area contributed by atoms with E-state index in [4.69, 9.17) is 0 Å². The lowest BCUT2D eigenvalue weighted by molar-refractivity contribution is 0.0723. The van der Waals surface area contributed by atoms with Gasteiger partial charge in [0.1, 0.15) is 5.69 Å². The van der Waals surface area contributed by atoms with E-state index in [-0.39, 0.29) is 23.3 Å². The lowest BCUT2D eigenvalue weighted by Crippen LogP contribution is -2.32. The van der Waals surface area contributed by atoms with Crippen LogP contribution < -0.4 is 5.32 Å². The maximum Gasteiger partial charge on any atom is 0.274 e. The molecule has 1 unspecified atom stereocenters. The smallest absolute Gasteiger partial charge is 0.274 e. The van der Waals surface area contributed by atoms with Crippen molar-refractivity contribution in [3.05, 3.63) is 76.6 Å². The molecule has 4 rings (SSSR count). The minimum Gasteiger partial charge on any atom is -0.348 e. The lowest BCUT2D eigenvalue weighted by Gasteiger charge is -2.23. The van der Waals surface area contributed by atoms with Crippen LogP contribution in [0.3, 0.4) is 0 Å². The van der Waals surface area contributed by atoms with Crippen LogP contribution in [0.2, 0.25) is 0 Å². The quantitative estimate of drug-likeness (QED) is 0.622. The van der Waals surface area contributed by atoms with Crippen LogP contribution in [0.4, 0.5) is 0 Å². The van der Waals surface area contributed by atoms with E-state index in [2.05, 4.69) is 46.3 Å². The van der Waals surface area contributed by atoms with Crippen LogP contribution >= 0.6 is 0 Å². The molecule has 1 saturated heterocycles. The molecule has 1 atom stereocenters. The molecular weight excluding hydrogens is 416 g/mol. The zero-order chi connectivity index (χ0) is 23.6. The van der Waals surface area contributed by atoms with Crippen LogP contribution in [0.5, 0.6) is 0 Å². The second-order valence-electron chi connectivity index (χ2n) is 9.47. The summed E-state index contributed by atoms with van der Waals surface area (Å²) in [7, 11) is 0. The molecular formula is C25H30N6O2. The van der Waals surface area contributed by atoms with Gasteiger partial charge >= 0.3 is 0 Å². The Bertz CT molecular complexity index is 1150. The number of nitrogens with zero attached hydrogens (tertiary/aromatic N) is 4. The Kier molecular flexibility index (Phi) is 6.26. The van der Waals surface area contributed by atoms with Crippen molar-refractivity contribution in [3.8, 4) is 0 Å². The average molecular weight is 447 g/mol. The van der Waals surface area contributed by atoms with Gasteiger partial charge in [0.15, 0.2) is 5.82 Å². The van der Waals surface area contributed by atoms with Crippen molar-refractivity contribution in [2.45, 2.75) is 58.5 Å². The van der Waals surface area contributed by atoms with Crippen molar-refractivity contribution in [1.82, 2.24) is 30.4 Å². The Morgan fingerprint density at radius 1 is 1.21 bits per heavy atom. The van der Waals surface area contributed by atoms with Gasteiger partial charge in [-0.3, -0.25) is 14.7 Å². The minimum atomic E-state index is -0.229. The Labute approximate surface area is 193 Å². The summed E-state index contributed by atoms with van der Waals surface area (Å²) in [5, 5.41) is 10.1. The topological polar surface area (TPSA) is 104 Å². The van der Waals surface area contributed by atoms with E-state index >= 15 is 0 Å². The van der Waals surface area contributed by atoms with Crippen LogP contribution in [-0.2, 0) is 12.0 Å². The molecule has 8 nitrogen and oxygen atoms in total. The highest BCUT2D eigenvalue weighted by Crippen LogP contribution is 2.32. The van der Waals surface area contributed by atoms with Gasteiger partial charge in [0.25, 0.3) is 11.8 Å². The van der Waals surface area contributed by atoms with Gasteiger partial charge in [0, 0.05) is 30.4 Å². The number of carbonyl (C=O) groups is 2. The number of carbonyl (C=O) groups excluding carboxylic acids is 2. The van der Waals surface area contributed by atoms with Gasteiger partial charge in [-0.05, 0) is 31.4 Å². The van der Waals surface area contributed by atoms with Gasteiger partial charge in [-0.1, -0.05) is 51.1 Å². The molecule has 1 aliphatic heterocycles. The first kappa shape index (κ1) is 22.6. The van der Waals surface area contributed by atoms with Crippen molar-refractivity contribution in [2.75, 3.05) is 6.54 Å². The molecule has 1 aliphatic rings. The number of H-pyrrole nitrogens is 1. The van der Waals surface area contributed by atoms with Crippen LogP contribution in [0.15, 0.2) is 42.6 Å². The maximum atomic E-state index is 13.2. The molecule has 8 heteroatoms. The van der Waals surface area contributed by atoms with Crippen molar-refractivity contribution in [1.29, 1.82) is 0 Å². The third kappa shape index (κ3) is 4.94. The van der Waals surface area contributed by atoms with Gasteiger partial charge in [-0.2, -0.15) is 5.10 Å². The number of benzene rings is 1. The van der Waals surface area contributed by atoms with Crippen LogP contribution in [-0.4, -0.2) is 43.4 Å². The second-order valence-corrected chi connectivity index (χ2v) is 9.47. The first-order valence-electron chi connectivity index (χ1n) is 11.3. The molecule has 2 amide bonds. The summed E-state index contributed by atoms with van der Waals surface area (Å²) in [5.74, 6) is 0.216. The second kappa shape index (κ2) is 9.13. The SMILES string of the molecule is Cc1nc(C2CCCN2C(=O)c2cc(C(C)(C)C)[nH]n2)ncc1C(=O)NCc1ccccc1. The Morgan fingerprint density at radius 3 is 2.64 bits per heavy atom. The number of aromatic nitrogens is 4. The number of hydrogen-bond acceptors (Lipinski definition) is 5. The first-order chi connectivity index (χ1) is 15.7. The molecule has 172 valence electrons. The number of aryl methyl sites for hydroxylation is 1. The predicted octanol–water partition coefficient (Wildman–Crippen LogP) is 3.71. The minimum absolute atomic E-state index is 0.118. The Hall–Kier alpha value is -3.55. The summed E-state index contributed by atoms with van der Waals surface area (Å²) in [6, 6.07) is 11.3. The highest BCUT2D eigenvalue weighted by atomic mass is 16.2. The first-order valence-corrected chi connectivity index (χ1v) is 11.3. The Balaban J connectivity index is 1.48. The molecule has 33 heavy (non-hydrogen) atoms. The normalized spacial score (nSPS) is 16.1. The fraction of sp³-hybridized carbons (Fsp3) is 0.400. The van der Waals surface area contributed by atoms with Gasteiger partial charge in [-0.15, -0.1) is 0 Å². The number of hydrogen-bond donors (Lipinski definition) is 2. The third-order valence-corrected chi connectivity index (χ3v) is 5.96. The molecule has 2 aromatic heterocycles. The molecule has 0 bridgehead atoms. The van der Waals surface area contributed by atoms with Crippen LogP contribution in [0.25, 0.3) is 0 Å². The standard InChI is InChI=1S/C25H30N6O2/c1-16-18(23(32)27-14-17-9-6-5-7-10-17)15-26-22(28-16)20-11-8-12-31(20)24(33)19-13-21(30-29-19)25(2,3)4/h5-7,9-10,13,15,20H,8,11-12,14H2,1-4H3,(H,27,32)(H,29,30). The van der Waals surface area contributed by atoms with Crippen molar-refractivity contribution < 1.29 is 9.59 Å². The summed E-state index contributed by atoms with van der Waals surface area (Å²) in [4.78, 5) is 36.7. The molecule has 2 N–H and O–H groups in total. The fourth-order valence-corrected chi connectivity index (χ4v) is 3.98. The number of amides is 2. The van der Waals surface area contributed by atoms with E-state index in [1.54, 1.807) is 18.0 Å². The molecule has 3 heterocycles. The van der Waals surface area contributed by atoms with E-state index in [0.717, 1.165) is 24.1 Å². The summed E-state index contributed by atoms with van der Waals surface area (Å²) in [6.45, 7) is 9.08. The molecule has 0 aliphatic carbocycles. The lowest BCUT2D eigenvalue weighted by atomic mass is 9.92. The summed E-state index contributed by atoms with van der Waals surface area (Å²) < 4.78 is 0. The fourth-order valence-electron chi connectivity index (χ4n) is 3.98. The number of likely N-dealkylation sites (tertiary alicyclic amines) is 1. The number of aromatic amines is 1. The van der Waals surface area contributed by atoms with Crippen molar-refractivity contribution >= 4 is 11.8 Å². The summed E-state index contributed by atoms with van der Waals surface area (Å²) in [6.07, 6.45) is 3.21. The molecule has 0 radical (unpaired) electrons. The highest BCUT2D eigenvalue weighted by Gasteiger charge is 2.34. The van der Waals surface area contributed by atoms with Gasteiger partial charge in [0.2, 0.25) is 0 Å². The molecule has 3 aromatic rings. The number of nitrogens with one attached hydrogen (secondary N) is 2. The molecule has 0 saturated carbocycles. The van der Waals surface area contributed by atoms with E-state index in [1.165, 1.54) is 0 Å². The number of rotatable bonds is 5. The van der Waals surface area contributed by atoms with Gasteiger partial charge < -0.3 is 10.2 Å². The Morgan fingerprint density at radius 2 is 1.97 bits per heavy atom. The van der Waals surface area contributed by atoms with Crippen LogP contribution in [0.1, 0.15) is 83.3 Å². The van der Waals surface area contributed by atoms with Crippen molar-refractivity contribution in [3.63, 3.8) is 0 Å². The van der Waals surface area contributed by atoms with E-state index in [9.17, 15) is 9.59 Å². The van der Waals surface area contributed by atoms with Crippen molar-refractivity contribution in [2.24, 2.45) is 0 Å². The highest BCUT2D eigenvalue weighted by molar-refractivity contribution is 5.95.